The summed E-state index contributed by atoms with van der Waals surface area (Å²) in [6.07, 6.45) is 3.56. The topological polar surface area (TPSA) is 15.3 Å². The van der Waals surface area contributed by atoms with E-state index in [-0.39, 0.29) is 5.54 Å². The van der Waals surface area contributed by atoms with Gasteiger partial charge < -0.3 is 5.32 Å². The average molecular weight is 272 g/mol. The SMILES string of the molecule is CC1=CCN(C(CNC(C)(C)C)c2ccccc2)CC1. The Hall–Kier alpha value is -1.12. The molecule has 2 nitrogen and oxygen atoms in total. The fraction of sp³-hybridized carbons (Fsp3) is 0.556. The summed E-state index contributed by atoms with van der Waals surface area (Å²) < 4.78 is 0. The Bertz CT molecular complexity index is 442. The van der Waals surface area contributed by atoms with E-state index in [2.05, 4.69) is 74.3 Å². The molecule has 2 rings (SSSR count). The van der Waals surface area contributed by atoms with Crippen LogP contribution in [-0.4, -0.2) is 30.1 Å². The summed E-state index contributed by atoms with van der Waals surface area (Å²) in [5.74, 6) is 0. The molecule has 0 spiro atoms. The van der Waals surface area contributed by atoms with Gasteiger partial charge in [0.2, 0.25) is 0 Å². The maximum absolute atomic E-state index is 3.67. The third-order valence-electron chi connectivity index (χ3n) is 3.92. The van der Waals surface area contributed by atoms with E-state index < -0.39 is 0 Å². The Morgan fingerprint density at radius 1 is 1.20 bits per heavy atom. The lowest BCUT2D eigenvalue weighted by atomic mass is 10.0. The summed E-state index contributed by atoms with van der Waals surface area (Å²) in [5, 5.41) is 3.67. The van der Waals surface area contributed by atoms with E-state index in [1.807, 2.05) is 0 Å². The maximum atomic E-state index is 3.67. The van der Waals surface area contributed by atoms with Crippen molar-refractivity contribution < 1.29 is 0 Å². The van der Waals surface area contributed by atoms with E-state index in [4.69, 9.17) is 0 Å². The normalized spacial score (nSPS) is 18.7. The standard InChI is InChI=1S/C18H28N2/c1-15-10-12-20(13-11-15)17(14-19-18(2,3)4)16-8-6-5-7-9-16/h5-10,17,19H,11-14H2,1-4H3. The predicted molar refractivity (Wildman–Crippen MR) is 86.9 cm³/mol. The molecule has 0 amide bonds. The molecule has 0 saturated carbocycles. The quantitative estimate of drug-likeness (QED) is 0.839. The van der Waals surface area contributed by atoms with Gasteiger partial charge in [0, 0.05) is 31.2 Å². The van der Waals surface area contributed by atoms with Gasteiger partial charge in [0.25, 0.3) is 0 Å². The molecule has 110 valence electrons. The average Bonchev–Trinajstić information content (AvgIpc) is 2.41. The summed E-state index contributed by atoms with van der Waals surface area (Å²) in [4.78, 5) is 2.58. The van der Waals surface area contributed by atoms with Gasteiger partial charge in [-0.1, -0.05) is 42.0 Å². The molecule has 0 radical (unpaired) electrons. The Kier molecular flexibility index (Phi) is 5.00. The van der Waals surface area contributed by atoms with E-state index in [1.54, 1.807) is 0 Å². The van der Waals surface area contributed by atoms with Crippen LogP contribution in [0.1, 0.15) is 45.7 Å². The summed E-state index contributed by atoms with van der Waals surface area (Å²) in [5.41, 5.74) is 3.10. The number of hydrogen-bond donors (Lipinski definition) is 1. The Morgan fingerprint density at radius 2 is 1.90 bits per heavy atom. The molecular formula is C18H28N2. The number of hydrogen-bond acceptors (Lipinski definition) is 2. The zero-order chi connectivity index (χ0) is 14.6. The van der Waals surface area contributed by atoms with E-state index in [9.17, 15) is 0 Å². The van der Waals surface area contributed by atoms with Crippen molar-refractivity contribution in [3.05, 3.63) is 47.5 Å². The lowest BCUT2D eigenvalue weighted by Gasteiger charge is -2.36. The molecule has 1 unspecified atom stereocenters. The lowest BCUT2D eigenvalue weighted by Crippen LogP contribution is -2.44. The van der Waals surface area contributed by atoms with Crippen molar-refractivity contribution in [3.8, 4) is 0 Å². The molecule has 0 fully saturated rings. The van der Waals surface area contributed by atoms with Crippen molar-refractivity contribution in [3.63, 3.8) is 0 Å². The summed E-state index contributed by atoms with van der Waals surface area (Å²) >= 11 is 0. The molecule has 1 atom stereocenters. The molecule has 1 aliphatic heterocycles. The number of nitrogens with one attached hydrogen (secondary N) is 1. The van der Waals surface area contributed by atoms with Crippen LogP contribution < -0.4 is 5.32 Å². The smallest absolute Gasteiger partial charge is 0.0476 e. The van der Waals surface area contributed by atoms with Crippen LogP contribution in [0.25, 0.3) is 0 Å². The second-order valence-corrected chi connectivity index (χ2v) is 6.85. The number of rotatable bonds is 4. The third kappa shape index (κ3) is 4.46. The van der Waals surface area contributed by atoms with Crippen LogP contribution in [0.5, 0.6) is 0 Å². The highest BCUT2D eigenvalue weighted by molar-refractivity contribution is 5.20. The van der Waals surface area contributed by atoms with Crippen molar-refractivity contribution in [1.29, 1.82) is 0 Å². The second kappa shape index (κ2) is 6.55. The van der Waals surface area contributed by atoms with Gasteiger partial charge in [-0.2, -0.15) is 0 Å². The van der Waals surface area contributed by atoms with Crippen LogP contribution in [0.4, 0.5) is 0 Å². The van der Waals surface area contributed by atoms with Crippen molar-refractivity contribution in [2.45, 2.75) is 45.7 Å². The predicted octanol–water partition coefficient (Wildman–Crippen LogP) is 3.77. The first-order valence-electron chi connectivity index (χ1n) is 7.65. The monoisotopic (exact) mass is 272 g/mol. The molecule has 2 heteroatoms. The zero-order valence-electron chi connectivity index (χ0n) is 13.3. The van der Waals surface area contributed by atoms with Gasteiger partial charge in [0.15, 0.2) is 0 Å². The highest BCUT2D eigenvalue weighted by atomic mass is 15.2. The van der Waals surface area contributed by atoms with Crippen molar-refractivity contribution >= 4 is 0 Å². The largest absolute Gasteiger partial charge is 0.310 e. The summed E-state index contributed by atoms with van der Waals surface area (Å²) in [6.45, 7) is 12.2. The third-order valence-corrected chi connectivity index (χ3v) is 3.92. The zero-order valence-corrected chi connectivity index (χ0v) is 13.3. The number of nitrogens with zero attached hydrogens (tertiary/aromatic N) is 1. The molecule has 1 aromatic rings. The minimum atomic E-state index is 0.161. The lowest BCUT2D eigenvalue weighted by molar-refractivity contribution is 0.196. The van der Waals surface area contributed by atoms with Gasteiger partial charge in [-0.05, 0) is 39.7 Å². The molecule has 1 aliphatic rings. The fourth-order valence-electron chi connectivity index (χ4n) is 2.61. The summed E-state index contributed by atoms with van der Waals surface area (Å²) in [6, 6.07) is 11.3. The van der Waals surface area contributed by atoms with Gasteiger partial charge in [-0.3, -0.25) is 4.90 Å². The molecule has 20 heavy (non-hydrogen) atoms. The first-order chi connectivity index (χ1) is 9.46. The van der Waals surface area contributed by atoms with Gasteiger partial charge >= 0.3 is 0 Å². The van der Waals surface area contributed by atoms with Gasteiger partial charge in [-0.25, -0.2) is 0 Å². The highest BCUT2D eigenvalue weighted by Crippen LogP contribution is 2.24. The van der Waals surface area contributed by atoms with Crippen LogP contribution in [0.3, 0.4) is 0 Å². The Balaban J connectivity index is 2.12. The Labute approximate surface area is 123 Å². The number of benzene rings is 1. The maximum Gasteiger partial charge on any atom is 0.0476 e. The van der Waals surface area contributed by atoms with E-state index in [0.29, 0.717) is 6.04 Å². The second-order valence-electron chi connectivity index (χ2n) is 6.85. The van der Waals surface area contributed by atoms with E-state index in [0.717, 1.165) is 19.6 Å². The van der Waals surface area contributed by atoms with Crippen molar-refractivity contribution in [2.75, 3.05) is 19.6 Å². The molecule has 0 aromatic heterocycles. The Morgan fingerprint density at radius 3 is 2.45 bits per heavy atom. The highest BCUT2D eigenvalue weighted by Gasteiger charge is 2.23. The minimum Gasteiger partial charge on any atom is -0.310 e. The van der Waals surface area contributed by atoms with Gasteiger partial charge in [-0.15, -0.1) is 0 Å². The van der Waals surface area contributed by atoms with Crippen LogP contribution >= 0.6 is 0 Å². The molecule has 1 aromatic carbocycles. The molecule has 1 N–H and O–H groups in total. The van der Waals surface area contributed by atoms with Crippen LogP contribution in [0, 0.1) is 0 Å². The summed E-state index contributed by atoms with van der Waals surface area (Å²) in [7, 11) is 0. The van der Waals surface area contributed by atoms with Crippen molar-refractivity contribution in [2.24, 2.45) is 0 Å². The van der Waals surface area contributed by atoms with Gasteiger partial charge in [0.05, 0.1) is 0 Å². The molecule has 0 bridgehead atoms. The van der Waals surface area contributed by atoms with Crippen LogP contribution in [0.2, 0.25) is 0 Å². The van der Waals surface area contributed by atoms with E-state index in [1.165, 1.54) is 17.6 Å². The molecule has 0 aliphatic carbocycles. The minimum absolute atomic E-state index is 0.161. The molecule has 1 heterocycles. The van der Waals surface area contributed by atoms with Crippen LogP contribution in [-0.2, 0) is 0 Å². The molecular weight excluding hydrogens is 244 g/mol. The molecule has 0 saturated heterocycles. The van der Waals surface area contributed by atoms with E-state index >= 15 is 0 Å². The van der Waals surface area contributed by atoms with Crippen molar-refractivity contribution in [1.82, 2.24) is 10.2 Å². The van der Waals surface area contributed by atoms with Crippen LogP contribution in [0.15, 0.2) is 42.0 Å². The first kappa shape index (κ1) is 15.3. The van der Waals surface area contributed by atoms with Gasteiger partial charge in [0.1, 0.15) is 0 Å². The first-order valence-corrected chi connectivity index (χ1v) is 7.65. The fourth-order valence-corrected chi connectivity index (χ4v) is 2.61.